The molecule has 5 rings (SSSR count). The van der Waals surface area contributed by atoms with E-state index in [9.17, 15) is 14.7 Å². The highest BCUT2D eigenvalue weighted by molar-refractivity contribution is 6.76. The molecule has 1 heterocycles. The number of ketones is 1. The van der Waals surface area contributed by atoms with Crippen molar-refractivity contribution in [1.82, 2.24) is 9.78 Å². The maximum Gasteiger partial charge on any atom is 0.356 e. The molecule has 2 spiro atoms. The first-order valence-corrected chi connectivity index (χ1v) is 15.7. The van der Waals surface area contributed by atoms with Gasteiger partial charge in [-0.25, -0.2) is 9.48 Å². The van der Waals surface area contributed by atoms with E-state index >= 15 is 0 Å². The zero-order valence-corrected chi connectivity index (χ0v) is 20.5. The number of nitrogens with zero attached hydrogens (tertiary/aromatic N) is 2. The number of aromatic nitrogens is 2. The molecule has 7 heteroatoms. The number of ether oxygens (including phenoxy) is 1. The van der Waals surface area contributed by atoms with Crippen molar-refractivity contribution in [1.29, 1.82) is 0 Å². The van der Waals surface area contributed by atoms with E-state index in [4.69, 9.17) is 4.74 Å². The van der Waals surface area contributed by atoms with Crippen molar-refractivity contribution in [2.75, 3.05) is 6.61 Å². The topological polar surface area (TPSA) is 81.4 Å². The van der Waals surface area contributed by atoms with Crippen LogP contribution in [-0.2, 0) is 29.1 Å². The highest BCUT2D eigenvalue weighted by atomic mass is 28.3. The third-order valence-corrected chi connectivity index (χ3v) is 9.51. The molecule has 3 fully saturated rings. The molecule has 0 saturated heterocycles. The average molecular weight is 447 g/mol. The Bertz CT molecular complexity index is 834. The Morgan fingerprint density at radius 3 is 2.19 bits per heavy atom. The minimum Gasteiger partial charge on any atom is -0.476 e. The second-order valence-electron chi connectivity index (χ2n) is 11.6. The second-order valence-corrected chi connectivity index (χ2v) is 17.3. The first-order chi connectivity index (χ1) is 14.6. The lowest BCUT2D eigenvalue weighted by Gasteiger charge is -2.23. The summed E-state index contributed by atoms with van der Waals surface area (Å²) in [5.41, 5.74) is 3.42. The lowest BCUT2D eigenvalue weighted by Crippen LogP contribution is -2.23. The molecule has 1 aromatic heterocycles. The lowest BCUT2D eigenvalue weighted by atomic mass is 9.84. The molecule has 0 radical (unpaired) electrons. The van der Waals surface area contributed by atoms with Crippen LogP contribution in [0.5, 0.6) is 0 Å². The average Bonchev–Trinajstić information content (AvgIpc) is 3.61. The summed E-state index contributed by atoms with van der Waals surface area (Å²) in [5.74, 6) is -0.420. The molecule has 3 saturated carbocycles. The van der Waals surface area contributed by atoms with Crippen molar-refractivity contribution >= 4 is 19.8 Å². The maximum atomic E-state index is 11.4. The highest BCUT2D eigenvalue weighted by Gasteiger charge is 2.47. The maximum absolute atomic E-state index is 11.4. The molecule has 0 unspecified atom stereocenters. The molecule has 31 heavy (non-hydrogen) atoms. The van der Waals surface area contributed by atoms with Crippen LogP contribution in [0.2, 0.25) is 25.7 Å². The van der Waals surface area contributed by atoms with Gasteiger partial charge in [-0.15, -0.1) is 0 Å². The van der Waals surface area contributed by atoms with Crippen LogP contribution < -0.4 is 0 Å². The standard InChI is InChI=1S/C16H26N2O3Si.C8H12O/c1-22(2,3)9-8-21-11-18-13-10-16(6-7-16)5-4-12(13)14(17-18)15(19)20;9-7-1-3-8(4-2-7)5-6-8/h4-11H2,1-3H3,(H,19,20);1-6H2. The Labute approximate surface area is 186 Å². The summed E-state index contributed by atoms with van der Waals surface area (Å²) in [4.78, 5) is 22.2. The Morgan fingerprint density at radius 2 is 1.65 bits per heavy atom. The van der Waals surface area contributed by atoms with Gasteiger partial charge in [0, 0.05) is 38.8 Å². The fourth-order valence-electron chi connectivity index (χ4n) is 4.98. The number of carbonyl (C=O) groups excluding carboxylic acids is 1. The molecular weight excluding hydrogens is 408 g/mol. The minimum atomic E-state index is -1.10. The van der Waals surface area contributed by atoms with Crippen molar-refractivity contribution in [2.45, 2.75) is 103 Å². The monoisotopic (exact) mass is 446 g/mol. The number of fused-ring (bicyclic) bond motifs is 1. The van der Waals surface area contributed by atoms with Gasteiger partial charge in [-0.2, -0.15) is 5.10 Å². The van der Waals surface area contributed by atoms with E-state index in [0.29, 0.717) is 23.3 Å². The SMILES string of the molecule is C[Si](C)(C)CCOCn1nc(C(=O)O)c2c1CC1(CC2)CC1.O=C1CCC2(CC1)CC2. The molecule has 0 bridgehead atoms. The van der Waals surface area contributed by atoms with E-state index in [2.05, 4.69) is 24.7 Å². The number of hydrogen-bond donors (Lipinski definition) is 1. The van der Waals surface area contributed by atoms with Gasteiger partial charge < -0.3 is 9.84 Å². The van der Waals surface area contributed by atoms with Crippen molar-refractivity contribution in [3.05, 3.63) is 17.0 Å². The van der Waals surface area contributed by atoms with Crippen LogP contribution in [0, 0.1) is 10.8 Å². The van der Waals surface area contributed by atoms with E-state index in [1.54, 1.807) is 0 Å². The van der Waals surface area contributed by atoms with Gasteiger partial charge in [0.25, 0.3) is 0 Å². The summed E-state index contributed by atoms with van der Waals surface area (Å²) in [6.45, 7) is 8.09. The van der Waals surface area contributed by atoms with E-state index < -0.39 is 14.0 Å². The molecule has 1 N–H and O–H groups in total. The van der Waals surface area contributed by atoms with Crippen LogP contribution in [0.15, 0.2) is 0 Å². The van der Waals surface area contributed by atoms with E-state index in [-0.39, 0.29) is 5.69 Å². The Kier molecular flexibility index (Phi) is 6.20. The summed E-state index contributed by atoms with van der Waals surface area (Å²) in [7, 11) is -1.10. The fourth-order valence-corrected chi connectivity index (χ4v) is 5.73. The Hall–Kier alpha value is -1.47. The zero-order valence-electron chi connectivity index (χ0n) is 19.5. The van der Waals surface area contributed by atoms with Gasteiger partial charge in [-0.1, -0.05) is 19.6 Å². The number of carbonyl (C=O) groups is 2. The highest BCUT2D eigenvalue weighted by Crippen LogP contribution is 2.56. The molecule has 6 nitrogen and oxygen atoms in total. The van der Waals surface area contributed by atoms with Crippen LogP contribution >= 0.6 is 0 Å². The van der Waals surface area contributed by atoms with Crippen LogP contribution in [0.1, 0.15) is 79.5 Å². The van der Waals surface area contributed by atoms with E-state index in [0.717, 1.165) is 56.0 Å². The largest absolute Gasteiger partial charge is 0.476 e. The van der Waals surface area contributed by atoms with E-state index in [1.165, 1.54) is 38.5 Å². The molecule has 4 aliphatic carbocycles. The van der Waals surface area contributed by atoms with Gasteiger partial charge in [0.05, 0.1) is 0 Å². The third-order valence-electron chi connectivity index (χ3n) is 7.81. The number of carboxylic acid groups (broad SMARTS) is 1. The third kappa shape index (κ3) is 5.67. The van der Waals surface area contributed by atoms with Gasteiger partial charge >= 0.3 is 5.97 Å². The first kappa shape index (κ1) is 22.7. The number of hydrogen-bond acceptors (Lipinski definition) is 4. The quantitative estimate of drug-likeness (QED) is 0.487. The van der Waals surface area contributed by atoms with Crippen LogP contribution in [0.3, 0.4) is 0 Å². The molecule has 0 amide bonds. The molecule has 0 aliphatic heterocycles. The van der Waals surface area contributed by atoms with Crippen LogP contribution in [-0.4, -0.2) is 41.3 Å². The summed E-state index contributed by atoms with van der Waals surface area (Å²) >= 11 is 0. The zero-order chi connectivity index (χ0) is 22.3. The summed E-state index contributed by atoms with van der Waals surface area (Å²) in [6, 6.07) is 1.12. The molecule has 172 valence electrons. The van der Waals surface area contributed by atoms with Gasteiger partial charge in [-0.05, 0) is 74.7 Å². The smallest absolute Gasteiger partial charge is 0.356 e. The summed E-state index contributed by atoms with van der Waals surface area (Å²) in [6.07, 6.45) is 12.4. The van der Waals surface area contributed by atoms with Crippen molar-refractivity contribution in [3.63, 3.8) is 0 Å². The second kappa shape index (κ2) is 8.47. The number of Topliss-reactive ketones (excluding diaryl/α,β-unsaturated/α-hetero) is 1. The number of carboxylic acids is 1. The predicted molar refractivity (Wildman–Crippen MR) is 122 cm³/mol. The first-order valence-electron chi connectivity index (χ1n) is 12.0. The Morgan fingerprint density at radius 1 is 1.03 bits per heavy atom. The fraction of sp³-hybridized carbons (Fsp3) is 0.792. The molecule has 4 aliphatic rings. The van der Waals surface area contributed by atoms with Gasteiger partial charge in [0.15, 0.2) is 5.69 Å². The predicted octanol–water partition coefficient (Wildman–Crippen LogP) is 5.07. The van der Waals surface area contributed by atoms with Crippen LogP contribution in [0.4, 0.5) is 0 Å². The van der Waals surface area contributed by atoms with Crippen molar-refractivity contribution in [3.8, 4) is 0 Å². The van der Waals surface area contributed by atoms with E-state index in [1.807, 2.05) is 4.68 Å². The van der Waals surface area contributed by atoms with Gasteiger partial charge in [-0.3, -0.25) is 4.79 Å². The molecule has 0 aromatic carbocycles. The molecule has 0 atom stereocenters. The van der Waals surface area contributed by atoms with Crippen molar-refractivity contribution < 1.29 is 19.4 Å². The molecular formula is C24H38N2O4Si. The Balaban J connectivity index is 0.000000212. The number of aromatic carboxylic acids is 1. The van der Waals surface area contributed by atoms with Gasteiger partial charge in [0.2, 0.25) is 0 Å². The number of rotatable bonds is 6. The molecule has 1 aromatic rings. The minimum absolute atomic E-state index is 0.235. The lowest BCUT2D eigenvalue weighted by molar-refractivity contribution is -0.121. The normalized spacial score (nSPS) is 22.6. The summed E-state index contributed by atoms with van der Waals surface area (Å²) < 4.78 is 7.59. The van der Waals surface area contributed by atoms with Gasteiger partial charge in [0.1, 0.15) is 12.5 Å². The van der Waals surface area contributed by atoms with Crippen LogP contribution in [0.25, 0.3) is 0 Å². The summed E-state index contributed by atoms with van der Waals surface area (Å²) in [5, 5.41) is 13.7. The van der Waals surface area contributed by atoms with Crippen molar-refractivity contribution in [2.24, 2.45) is 10.8 Å².